The number of hydrogen-bond donors (Lipinski definition) is 0. The molecule has 3 nitrogen and oxygen atoms in total. The number of halogens is 1. The zero-order valence-corrected chi connectivity index (χ0v) is 13.4. The molecular formula is C16H18BrN3. The molecule has 0 fully saturated rings. The van der Waals surface area contributed by atoms with Gasteiger partial charge in [0.05, 0.1) is 5.69 Å². The summed E-state index contributed by atoms with van der Waals surface area (Å²) in [6.07, 6.45) is 1.67. The first-order valence-electron chi connectivity index (χ1n) is 6.54. The van der Waals surface area contributed by atoms with Crippen molar-refractivity contribution in [3.63, 3.8) is 0 Å². The zero-order chi connectivity index (χ0) is 14.7. The van der Waals surface area contributed by atoms with Gasteiger partial charge in [-0.05, 0) is 37.8 Å². The predicted molar refractivity (Wildman–Crippen MR) is 88.8 cm³/mol. The zero-order valence-electron chi connectivity index (χ0n) is 11.9. The van der Waals surface area contributed by atoms with Gasteiger partial charge in [-0.2, -0.15) is 5.10 Å². The second-order valence-electron chi connectivity index (χ2n) is 4.71. The number of rotatable bonds is 5. The molecule has 0 saturated carbocycles. The van der Waals surface area contributed by atoms with Crippen LogP contribution in [0.5, 0.6) is 0 Å². The number of benzene rings is 1. The van der Waals surface area contributed by atoms with Gasteiger partial charge >= 0.3 is 0 Å². The van der Waals surface area contributed by atoms with E-state index in [1.54, 1.807) is 4.68 Å². The minimum absolute atomic E-state index is 0.803. The Balaban J connectivity index is 2.46. The van der Waals surface area contributed by atoms with Crippen molar-refractivity contribution in [3.05, 3.63) is 52.1 Å². The van der Waals surface area contributed by atoms with E-state index in [2.05, 4.69) is 58.4 Å². The molecule has 0 N–H and O–H groups in total. The highest BCUT2D eigenvalue weighted by atomic mass is 79.9. The van der Waals surface area contributed by atoms with Crippen LogP contribution in [0.15, 0.2) is 40.3 Å². The van der Waals surface area contributed by atoms with E-state index in [0.29, 0.717) is 0 Å². The van der Waals surface area contributed by atoms with Gasteiger partial charge in [0.2, 0.25) is 0 Å². The van der Waals surface area contributed by atoms with Crippen molar-refractivity contribution in [3.8, 4) is 0 Å². The Morgan fingerprint density at radius 3 is 2.50 bits per heavy atom. The molecule has 0 aliphatic carbocycles. The molecule has 0 bridgehead atoms. The lowest BCUT2D eigenvalue weighted by Crippen LogP contribution is -1.94. The largest absolute Gasteiger partial charge is 0.245 e. The first kappa shape index (κ1) is 14.7. The Morgan fingerprint density at radius 1 is 1.35 bits per heavy atom. The van der Waals surface area contributed by atoms with E-state index in [4.69, 9.17) is 0 Å². The summed E-state index contributed by atoms with van der Waals surface area (Å²) < 4.78 is 2.86. The first-order valence-corrected chi connectivity index (χ1v) is 7.34. The topological polar surface area (TPSA) is 30.2 Å². The second-order valence-corrected chi connectivity index (χ2v) is 5.63. The van der Waals surface area contributed by atoms with E-state index >= 15 is 0 Å². The lowest BCUT2D eigenvalue weighted by Gasteiger charge is -2.05. The molecular weight excluding hydrogens is 314 g/mol. The summed E-state index contributed by atoms with van der Waals surface area (Å²) in [5.74, 6) is 0.803. The molecule has 2 aromatic rings. The van der Waals surface area contributed by atoms with E-state index in [1.807, 2.05) is 19.1 Å². The smallest absolute Gasteiger partial charge is 0.158 e. The molecule has 0 unspecified atom stereocenters. The SMILES string of the molecule is C=Nc1c(Cc2ccc(Br)cc2)c(CC)nn1C(=C)C. The lowest BCUT2D eigenvalue weighted by atomic mass is 10.0. The Labute approximate surface area is 128 Å². The molecule has 2 rings (SSSR count). The number of aromatic nitrogens is 2. The van der Waals surface area contributed by atoms with Crippen molar-refractivity contribution in [1.82, 2.24) is 9.78 Å². The van der Waals surface area contributed by atoms with Crippen molar-refractivity contribution in [2.75, 3.05) is 0 Å². The van der Waals surface area contributed by atoms with E-state index < -0.39 is 0 Å². The molecule has 4 heteroatoms. The molecule has 0 atom stereocenters. The average molecular weight is 332 g/mol. The summed E-state index contributed by atoms with van der Waals surface area (Å²) in [6, 6.07) is 8.30. The molecule has 0 saturated heterocycles. The fourth-order valence-electron chi connectivity index (χ4n) is 2.19. The number of aryl methyl sites for hydroxylation is 1. The summed E-state index contributed by atoms with van der Waals surface area (Å²) >= 11 is 3.45. The van der Waals surface area contributed by atoms with Gasteiger partial charge in [0, 0.05) is 22.2 Å². The van der Waals surface area contributed by atoms with Crippen LogP contribution in [0.25, 0.3) is 5.70 Å². The van der Waals surface area contributed by atoms with Crippen LogP contribution in [0, 0.1) is 0 Å². The first-order chi connectivity index (χ1) is 9.56. The quantitative estimate of drug-likeness (QED) is 0.735. The summed E-state index contributed by atoms with van der Waals surface area (Å²) in [5, 5.41) is 4.59. The fraction of sp³-hybridized carbons (Fsp3) is 0.250. The maximum Gasteiger partial charge on any atom is 0.158 e. The van der Waals surface area contributed by atoms with Gasteiger partial charge in [0.25, 0.3) is 0 Å². The summed E-state index contributed by atoms with van der Waals surface area (Å²) in [4.78, 5) is 4.15. The van der Waals surface area contributed by atoms with Crippen molar-refractivity contribution < 1.29 is 0 Å². The van der Waals surface area contributed by atoms with Crippen molar-refractivity contribution in [1.29, 1.82) is 0 Å². The van der Waals surface area contributed by atoms with Crippen molar-refractivity contribution >= 4 is 34.2 Å². The molecule has 20 heavy (non-hydrogen) atoms. The maximum absolute atomic E-state index is 4.59. The number of hydrogen-bond acceptors (Lipinski definition) is 2. The monoisotopic (exact) mass is 331 g/mol. The summed E-state index contributed by atoms with van der Waals surface area (Å²) in [7, 11) is 0. The Morgan fingerprint density at radius 2 is 2.00 bits per heavy atom. The van der Waals surface area contributed by atoms with Gasteiger partial charge in [0.1, 0.15) is 0 Å². The van der Waals surface area contributed by atoms with Gasteiger partial charge < -0.3 is 0 Å². The number of nitrogens with zero attached hydrogens (tertiary/aromatic N) is 3. The van der Waals surface area contributed by atoms with Crippen LogP contribution in [0.1, 0.15) is 30.7 Å². The van der Waals surface area contributed by atoms with Gasteiger partial charge in [-0.25, -0.2) is 9.67 Å². The molecule has 0 radical (unpaired) electrons. The van der Waals surface area contributed by atoms with Crippen molar-refractivity contribution in [2.45, 2.75) is 26.7 Å². The van der Waals surface area contributed by atoms with E-state index in [1.165, 1.54) is 5.56 Å². The highest BCUT2D eigenvalue weighted by Gasteiger charge is 2.16. The predicted octanol–water partition coefficient (Wildman–Crippen LogP) is 4.62. The van der Waals surface area contributed by atoms with Gasteiger partial charge in [-0.15, -0.1) is 0 Å². The Bertz CT molecular complexity index is 638. The third-order valence-electron chi connectivity index (χ3n) is 3.18. The minimum atomic E-state index is 0.803. The van der Waals surface area contributed by atoms with Crippen LogP contribution in [0.4, 0.5) is 5.82 Å². The molecule has 0 amide bonds. The van der Waals surface area contributed by atoms with Gasteiger partial charge in [-0.1, -0.05) is 41.6 Å². The average Bonchev–Trinajstić information content (AvgIpc) is 2.79. The summed E-state index contributed by atoms with van der Waals surface area (Å²) in [5.41, 5.74) is 4.27. The minimum Gasteiger partial charge on any atom is -0.245 e. The van der Waals surface area contributed by atoms with Crippen LogP contribution < -0.4 is 0 Å². The van der Waals surface area contributed by atoms with Crippen molar-refractivity contribution in [2.24, 2.45) is 4.99 Å². The van der Waals surface area contributed by atoms with Crippen LogP contribution in [-0.4, -0.2) is 16.5 Å². The maximum atomic E-state index is 4.59. The third-order valence-corrected chi connectivity index (χ3v) is 3.71. The van der Waals surface area contributed by atoms with Crippen LogP contribution in [-0.2, 0) is 12.8 Å². The van der Waals surface area contributed by atoms with E-state index in [0.717, 1.165) is 40.1 Å². The molecule has 1 aromatic carbocycles. The van der Waals surface area contributed by atoms with Gasteiger partial charge in [-0.3, -0.25) is 0 Å². The molecule has 0 aliphatic heterocycles. The van der Waals surface area contributed by atoms with Crippen LogP contribution in [0.2, 0.25) is 0 Å². The standard InChI is InChI=1S/C16H18BrN3/c1-5-15-14(10-12-6-8-13(17)9-7-12)16(18-4)20(19-15)11(2)3/h6-9H,2,4-5,10H2,1,3H3. The highest BCUT2D eigenvalue weighted by Crippen LogP contribution is 2.28. The Kier molecular flexibility index (Phi) is 4.55. The van der Waals surface area contributed by atoms with Crippen LogP contribution in [0.3, 0.4) is 0 Å². The second kappa shape index (κ2) is 6.18. The number of aliphatic imine (C=N–C) groups is 1. The summed E-state index contributed by atoms with van der Waals surface area (Å²) in [6.45, 7) is 11.6. The Hall–Kier alpha value is -1.68. The molecule has 1 heterocycles. The molecule has 0 aliphatic rings. The molecule has 0 spiro atoms. The normalized spacial score (nSPS) is 10.6. The lowest BCUT2D eigenvalue weighted by molar-refractivity contribution is 0.855. The van der Waals surface area contributed by atoms with Crippen LogP contribution >= 0.6 is 15.9 Å². The molecule has 1 aromatic heterocycles. The fourth-order valence-corrected chi connectivity index (χ4v) is 2.45. The number of allylic oxidation sites excluding steroid dienone is 1. The third kappa shape index (κ3) is 2.90. The highest BCUT2D eigenvalue weighted by molar-refractivity contribution is 9.10. The van der Waals surface area contributed by atoms with E-state index in [9.17, 15) is 0 Å². The van der Waals surface area contributed by atoms with Gasteiger partial charge in [0.15, 0.2) is 5.82 Å². The van der Waals surface area contributed by atoms with E-state index in [-0.39, 0.29) is 0 Å². The molecule has 104 valence electrons.